The number of ether oxygens (including phenoxy) is 1. The summed E-state index contributed by atoms with van der Waals surface area (Å²) in [4.78, 5) is 0. The third kappa shape index (κ3) is 2.79. The Morgan fingerprint density at radius 2 is 2.24 bits per heavy atom. The highest BCUT2D eigenvalue weighted by Crippen LogP contribution is 2.27. The number of hydrogen-bond acceptors (Lipinski definition) is 3. The molecule has 5 heteroatoms. The van der Waals surface area contributed by atoms with E-state index in [0.717, 1.165) is 28.1 Å². The minimum Gasteiger partial charge on any atom is -0.497 e. The average molecular weight is 296 g/mol. The molecule has 0 bridgehead atoms. The molecule has 0 aliphatic heterocycles. The van der Waals surface area contributed by atoms with Gasteiger partial charge in [-0.05, 0) is 34.1 Å². The van der Waals surface area contributed by atoms with Crippen LogP contribution in [0.2, 0.25) is 0 Å². The summed E-state index contributed by atoms with van der Waals surface area (Å²) in [6.07, 6.45) is 1.79. The number of benzene rings is 1. The van der Waals surface area contributed by atoms with Crippen LogP contribution in [-0.4, -0.2) is 16.9 Å². The van der Waals surface area contributed by atoms with Gasteiger partial charge < -0.3 is 10.1 Å². The Balaban J connectivity index is 2.11. The van der Waals surface area contributed by atoms with Crippen LogP contribution in [0.1, 0.15) is 5.69 Å². The summed E-state index contributed by atoms with van der Waals surface area (Å²) in [6.45, 7) is 0.724. The maximum absolute atomic E-state index is 5.19. The van der Waals surface area contributed by atoms with Crippen molar-refractivity contribution in [1.82, 2.24) is 9.78 Å². The van der Waals surface area contributed by atoms with E-state index in [-0.39, 0.29) is 0 Å². The smallest absolute Gasteiger partial charge is 0.121 e. The zero-order valence-electron chi connectivity index (χ0n) is 9.77. The summed E-state index contributed by atoms with van der Waals surface area (Å²) in [5, 5.41) is 7.47. The average Bonchev–Trinajstić information content (AvgIpc) is 2.74. The fraction of sp³-hybridized carbons (Fsp3) is 0.250. The molecule has 1 aromatic carbocycles. The number of nitrogens with one attached hydrogen (secondary N) is 1. The van der Waals surface area contributed by atoms with Gasteiger partial charge in [0.05, 0.1) is 25.0 Å². The lowest BCUT2D eigenvalue weighted by molar-refractivity contribution is 0.415. The van der Waals surface area contributed by atoms with Crippen molar-refractivity contribution in [2.45, 2.75) is 6.54 Å². The molecule has 4 nitrogen and oxygen atoms in total. The quantitative estimate of drug-likeness (QED) is 0.943. The molecule has 2 aromatic rings. The Bertz CT molecular complexity index is 510. The van der Waals surface area contributed by atoms with Crippen molar-refractivity contribution in [1.29, 1.82) is 0 Å². The first-order valence-electron chi connectivity index (χ1n) is 5.25. The zero-order valence-corrected chi connectivity index (χ0v) is 11.4. The van der Waals surface area contributed by atoms with Crippen LogP contribution in [0.4, 0.5) is 5.69 Å². The molecule has 1 aromatic heterocycles. The molecule has 0 amide bonds. The summed E-state index contributed by atoms with van der Waals surface area (Å²) in [6, 6.07) is 7.82. The van der Waals surface area contributed by atoms with E-state index in [1.54, 1.807) is 13.3 Å². The van der Waals surface area contributed by atoms with Gasteiger partial charge in [-0.15, -0.1) is 0 Å². The van der Waals surface area contributed by atoms with Gasteiger partial charge in [0.1, 0.15) is 5.75 Å². The van der Waals surface area contributed by atoms with Crippen molar-refractivity contribution >= 4 is 21.6 Å². The third-order valence-corrected chi connectivity index (χ3v) is 3.25. The molecular weight excluding hydrogens is 282 g/mol. The van der Waals surface area contributed by atoms with Gasteiger partial charge in [0.2, 0.25) is 0 Å². The molecule has 0 saturated heterocycles. The van der Waals surface area contributed by atoms with E-state index in [1.807, 2.05) is 36.0 Å². The van der Waals surface area contributed by atoms with Crippen LogP contribution in [0.5, 0.6) is 5.75 Å². The molecule has 0 aliphatic carbocycles. The number of aryl methyl sites for hydroxylation is 1. The van der Waals surface area contributed by atoms with Crippen LogP contribution in [0.15, 0.2) is 34.9 Å². The molecule has 0 atom stereocenters. The Labute approximate surface area is 109 Å². The van der Waals surface area contributed by atoms with Gasteiger partial charge in [-0.25, -0.2) is 0 Å². The van der Waals surface area contributed by atoms with Gasteiger partial charge in [0.15, 0.2) is 0 Å². The topological polar surface area (TPSA) is 39.1 Å². The van der Waals surface area contributed by atoms with Crippen LogP contribution in [0.3, 0.4) is 0 Å². The number of anilines is 1. The van der Waals surface area contributed by atoms with Gasteiger partial charge in [-0.1, -0.05) is 0 Å². The molecule has 17 heavy (non-hydrogen) atoms. The number of halogens is 1. The molecule has 0 fully saturated rings. The van der Waals surface area contributed by atoms with Crippen LogP contribution in [0.25, 0.3) is 0 Å². The van der Waals surface area contributed by atoms with Crippen molar-refractivity contribution in [3.05, 3.63) is 40.6 Å². The predicted molar refractivity (Wildman–Crippen MR) is 71.2 cm³/mol. The Kier molecular flexibility index (Phi) is 3.68. The van der Waals surface area contributed by atoms with E-state index in [2.05, 4.69) is 26.3 Å². The van der Waals surface area contributed by atoms with Crippen molar-refractivity contribution in [3.8, 4) is 5.75 Å². The third-order valence-electron chi connectivity index (χ3n) is 2.56. The fourth-order valence-corrected chi connectivity index (χ4v) is 1.91. The highest BCUT2D eigenvalue weighted by atomic mass is 79.9. The number of nitrogens with zero attached hydrogens (tertiary/aromatic N) is 2. The number of hydrogen-bond donors (Lipinski definition) is 1. The zero-order chi connectivity index (χ0) is 12.3. The second-order valence-electron chi connectivity index (χ2n) is 3.65. The van der Waals surface area contributed by atoms with Crippen LogP contribution < -0.4 is 10.1 Å². The maximum atomic E-state index is 5.19. The monoisotopic (exact) mass is 295 g/mol. The molecule has 1 heterocycles. The van der Waals surface area contributed by atoms with E-state index in [1.165, 1.54) is 0 Å². The molecule has 0 spiro atoms. The minimum absolute atomic E-state index is 0.724. The summed E-state index contributed by atoms with van der Waals surface area (Å²) in [7, 11) is 3.59. The lowest BCUT2D eigenvalue weighted by Crippen LogP contribution is -2.05. The molecule has 0 unspecified atom stereocenters. The molecule has 2 rings (SSSR count). The second kappa shape index (κ2) is 5.23. The van der Waals surface area contributed by atoms with Crippen molar-refractivity contribution in [2.24, 2.45) is 7.05 Å². The van der Waals surface area contributed by atoms with E-state index >= 15 is 0 Å². The lowest BCUT2D eigenvalue weighted by atomic mass is 10.3. The summed E-state index contributed by atoms with van der Waals surface area (Å²) in [5.74, 6) is 0.834. The number of methoxy groups -OCH3 is 1. The standard InChI is InChI=1S/C12H14BrN3O/c1-16-9(5-6-15-16)8-14-12-7-10(17-2)3-4-11(12)13/h3-7,14H,8H2,1-2H3. The summed E-state index contributed by atoms with van der Waals surface area (Å²) in [5.41, 5.74) is 2.13. The first kappa shape index (κ1) is 12.0. The van der Waals surface area contributed by atoms with E-state index < -0.39 is 0 Å². The van der Waals surface area contributed by atoms with Gasteiger partial charge in [0, 0.05) is 23.8 Å². The largest absolute Gasteiger partial charge is 0.497 e. The second-order valence-corrected chi connectivity index (χ2v) is 4.50. The van der Waals surface area contributed by atoms with Gasteiger partial charge in [-0.3, -0.25) is 4.68 Å². The van der Waals surface area contributed by atoms with Crippen LogP contribution >= 0.6 is 15.9 Å². The van der Waals surface area contributed by atoms with Crippen molar-refractivity contribution < 1.29 is 4.74 Å². The molecule has 90 valence electrons. The van der Waals surface area contributed by atoms with E-state index in [0.29, 0.717) is 0 Å². The van der Waals surface area contributed by atoms with Gasteiger partial charge in [0.25, 0.3) is 0 Å². The van der Waals surface area contributed by atoms with Crippen LogP contribution in [0, 0.1) is 0 Å². The summed E-state index contributed by atoms with van der Waals surface area (Å²) >= 11 is 3.50. The molecule has 0 saturated carbocycles. The SMILES string of the molecule is COc1ccc(Br)c(NCc2ccnn2C)c1. The Morgan fingerprint density at radius 3 is 2.88 bits per heavy atom. The number of aromatic nitrogens is 2. The van der Waals surface area contributed by atoms with Crippen molar-refractivity contribution in [2.75, 3.05) is 12.4 Å². The number of rotatable bonds is 4. The normalized spacial score (nSPS) is 10.3. The first-order valence-corrected chi connectivity index (χ1v) is 6.04. The van der Waals surface area contributed by atoms with Gasteiger partial charge in [-0.2, -0.15) is 5.10 Å². The molecule has 1 N–H and O–H groups in total. The predicted octanol–water partition coefficient (Wildman–Crippen LogP) is 2.80. The summed E-state index contributed by atoms with van der Waals surface area (Å²) < 4.78 is 8.05. The fourth-order valence-electron chi connectivity index (χ4n) is 1.53. The lowest BCUT2D eigenvalue weighted by Gasteiger charge is -2.10. The maximum Gasteiger partial charge on any atom is 0.121 e. The first-order chi connectivity index (χ1) is 8.20. The minimum atomic E-state index is 0.724. The van der Waals surface area contributed by atoms with Gasteiger partial charge >= 0.3 is 0 Å². The highest BCUT2D eigenvalue weighted by molar-refractivity contribution is 9.10. The molecule has 0 radical (unpaired) electrons. The molecule has 0 aliphatic rings. The molecular formula is C12H14BrN3O. The van der Waals surface area contributed by atoms with E-state index in [9.17, 15) is 0 Å². The highest BCUT2D eigenvalue weighted by Gasteiger charge is 2.03. The van der Waals surface area contributed by atoms with Crippen LogP contribution in [-0.2, 0) is 13.6 Å². The van der Waals surface area contributed by atoms with Crippen molar-refractivity contribution in [3.63, 3.8) is 0 Å². The Hall–Kier alpha value is -1.49. The Morgan fingerprint density at radius 1 is 1.41 bits per heavy atom. The van der Waals surface area contributed by atoms with E-state index in [4.69, 9.17) is 4.74 Å².